The summed E-state index contributed by atoms with van der Waals surface area (Å²) in [5, 5.41) is 0. The lowest BCUT2D eigenvalue weighted by Gasteiger charge is -2.13. The first-order chi connectivity index (χ1) is 30.6. The number of hydrogen-bond donors (Lipinski definition) is 2. The molecular formula is C47H46N10O6. The second-order valence-corrected chi connectivity index (χ2v) is 14.5. The Morgan fingerprint density at radius 1 is 0.683 bits per heavy atom. The molecule has 0 bridgehead atoms. The lowest BCUT2D eigenvalue weighted by Crippen LogP contribution is -2.27. The number of methoxy groups -OCH3 is 4. The highest BCUT2D eigenvalue weighted by molar-refractivity contribution is 5.93. The second-order valence-electron chi connectivity index (χ2n) is 14.5. The largest absolute Gasteiger partial charge is 0.497 e. The van der Waals surface area contributed by atoms with Crippen LogP contribution in [0.3, 0.4) is 0 Å². The second kappa shape index (κ2) is 19.0. The number of likely N-dealkylation sites (tertiary alicyclic amines) is 2. The summed E-state index contributed by atoms with van der Waals surface area (Å²) in [6.07, 6.45) is 9.86. The van der Waals surface area contributed by atoms with Crippen molar-refractivity contribution in [1.29, 1.82) is 0 Å². The zero-order valence-electron chi connectivity index (χ0n) is 35.6. The minimum atomic E-state index is -0.163. The maximum Gasteiger partial charge on any atom is 0.298 e. The van der Waals surface area contributed by atoms with Crippen LogP contribution in [-0.4, -0.2) is 105 Å². The molecule has 2 fully saturated rings. The van der Waals surface area contributed by atoms with Crippen molar-refractivity contribution in [3.05, 3.63) is 108 Å². The van der Waals surface area contributed by atoms with Crippen molar-refractivity contribution in [2.45, 2.75) is 31.6 Å². The first kappa shape index (κ1) is 42.9. The van der Waals surface area contributed by atoms with Gasteiger partial charge in [-0.1, -0.05) is 24.3 Å². The lowest BCUT2D eigenvalue weighted by molar-refractivity contribution is -0.125. The van der Waals surface area contributed by atoms with Gasteiger partial charge in [0.25, 0.3) is 5.91 Å². The van der Waals surface area contributed by atoms with Crippen molar-refractivity contribution in [1.82, 2.24) is 38.5 Å². The molecule has 0 aliphatic carbocycles. The molecule has 1 unspecified atom stereocenters. The summed E-state index contributed by atoms with van der Waals surface area (Å²) in [5.41, 5.74) is 16.2. The molecule has 6 aromatic rings. The number of ether oxygens (including phenoxy) is 4. The monoisotopic (exact) mass is 846 g/mol. The predicted molar refractivity (Wildman–Crippen MR) is 237 cm³/mol. The molecule has 2 aliphatic heterocycles. The van der Waals surface area contributed by atoms with Crippen molar-refractivity contribution >= 4 is 34.5 Å². The minimum Gasteiger partial charge on any atom is -0.497 e. The van der Waals surface area contributed by atoms with E-state index >= 15 is 0 Å². The molecule has 2 amide bonds. The number of amides is 2. The number of imidazole rings is 2. The fourth-order valence-corrected chi connectivity index (χ4v) is 7.59. The Morgan fingerprint density at radius 3 is 1.52 bits per heavy atom. The maximum absolute atomic E-state index is 12.2. The Bertz CT molecular complexity index is 2880. The molecule has 8 rings (SSSR count). The van der Waals surface area contributed by atoms with Gasteiger partial charge in [-0.25, -0.2) is 19.9 Å². The van der Waals surface area contributed by atoms with E-state index in [1.807, 2.05) is 45.5 Å². The third kappa shape index (κ3) is 9.28. The third-order valence-corrected chi connectivity index (χ3v) is 10.7. The molecule has 2 aliphatic rings. The fraction of sp³-hybridized carbons (Fsp3) is 0.277. The van der Waals surface area contributed by atoms with E-state index < -0.39 is 0 Å². The van der Waals surface area contributed by atoms with Gasteiger partial charge in [-0.05, 0) is 67.9 Å². The van der Waals surface area contributed by atoms with Crippen LogP contribution in [0.25, 0.3) is 11.0 Å². The summed E-state index contributed by atoms with van der Waals surface area (Å²) in [6.45, 7) is 7.66. The number of nitrogens with zero attached hydrogens (tertiary/aromatic N) is 8. The average molecular weight is 847 g/mol. The number of anilines is 2. The van der Waals surface area contributed by atoms with Crippen LogP contribution >= 0.6 is 0 Å². The van der Waals surface area contributed by atoms with Gasteiger partial charge in [-0.3, -0.25) is 18.4 Å². The number of aromatic nitrogens is 6. The predicted octanol–water partition coefficient (Wildman–Crippen LogP) is 4.30. The Labute approximate surface area is 364 Å². The number of rotatable bonds is 7. The van der Waals surface area contributed by atoms with Crippen molar-refractivity contribution < 1.29 is 28.5 Å². The van der Waals surface area contributed by atoms with Gasteiger partial charge in [0.1, 0.15) is 57.1 Å². The van der Waals surface area contributed by atoms with Crippen molar-refractivity contribution in [3.8, 4) is 58.5 Å². The number of hydrogen-bond acceptors (Lipinski definition) is 12. The highest BCUT2D eigenvalue weighted by atomic mass is 16.5. The normalized spacial score (nSPS) is 15.2. The van der Waals surface area contributed by atoms with Crippen LogP contribution in [0.15, 0.2) is 73.8 Å². The van der Waals surface area contributed by atoms with Gasteiger partial charge in [0, 0.05) is 86.1 Å². The van der Waals surface area contributed by atoms with Gasteiger partial charge in [0.05, 0.1) is 28.4 Å². The summed E-state index contributed by atoms with van der Waals surface area (Å²) in [5.74, 6) is 22.6. The number of carbonyl (C=O) groups is 2. The fourth-order valence-electron chi connectivity index (χ4n) is 7.59. The Kier molecular flexibility index (Phi) is 13.0. The highest BCUT2D eigenvalue weighted by Gasteiger charge is 2.32. The quantitative estimate of drug-likeness (QED) is 0.172. The molecular weight excluding hydrogens is 801 g/mol. The van der Waals surface area contributed by atoms with Crippen LogP contribution in [0.1, 0.15) is 65.8 Å². The maximum atomic E-state index is 12.2. The van der Waals surface area contributed by atoms with Gasteiger partial charge in [0.2, 0.25) is 5.91 Å². The summed E-state index contributed by atoms with van der Waals surface area (Å²) < 4.78 is 25.1. The molecule has 0 spiro atoms. The van der Waals surface area contributed by atoms with E-state index in [1.54, 1.807) is 69.7 Å². The first-order valence-corrected chi connectivity index (χ1v) is 20.0. The van der Waals surface area contributed by atoms with Gasteiger partial charge in [-0.15, -0.1) is 0 Å². The number of nitrogens with two attached hydrogens (primary N) is 2. The smallest absolute Gasteiger partial charge is 0.298 e. The average Bonchev–Trinajstić information content (AvgIpc) is 4.13. The zero-order valence-corrected chi connectivity index (χ0v) is 35.6. The molecule has 2 atom stereocenters. The standard InChI is InChI=1S/C24H23N5O3.C23H23N5O3/c1-4-5-21(30)28-10-8-17(15-28)24-27-20(22-23(25)26-9-11-29(22)24)7-6-16-12-18(31-2)14-19(13-16)32-3;1-4-20(29)27-9-7-16(14-27)23-26-19(21-22(24)25-8-10-28(21)23)6-5-15-11-17(30-2)13-18(12-15)31-3/h9,11-14,17H,8,10,15H2,1-3H3,(H2,25,26);4,8,10-13,16H,1,7,9,14H2,2-3H3,(H2,24,25)/t17-;/m1./s1. The van der Waals surface area contributed by atoms with Gasteiger partial charge < -0.3 is 40.2 Å². The van der Waals surface area contributed by atoms with Crippen molar-refractivity contribution in [2.75, 3.05) is 66.1 Å². The van der Waals surface area contributed by atoms with E-state index in [0.29, 0.717) is 83.2 Å². The van der Waals surface area contributed by atoms with Crippen molar-refractivity contribution in [2.24, 2.45) is 0 Å². The summed E-state index contributed by atoms with van der Waals surface area (Å²) in [6, 6.07) is 10.9. The number of fused-ring (bicyclic) bond motifs is 2. The molecule has 4 aromatic heterocycles. The summed E-state index contributed by atoms with van der Waals surface area (Å²) >= 11 is 0. The van der Waals surface area contributed by atoms with E-state index in [2.05, 4.69) is 52.1 Å². The van der Waals surface area contributed by atoms with Crippen LogP contribution in [0, 0.1) is 35.5 Å². The molecule has 16 nitrogen and oxygen atoms in total. The van der Waals surface area contributed by atoms with Crippen molar-refractivity contribution in [3.63, 3.8) is 0 Å². The van der Waals surface area contributed by atoms with E-state index in [9.17, 15) is 9.59 Å². The summed E-state index contributed by atoms with van der Waals surface area (Å²) in [4.78, 5) is 45.7. The molecule has 2 aromatic carbocycles. The van der Waals surface area contributed by atoms with E-state index in [4.69, 9.17) is 40.4 Å². The SMILES string of the molecule is C=CC(=O)N1CCC(c2nc(C#Cc3cc(OC)cc(OC)c3)c3c(N)nccn23)C1.CC#CC(=O)N1CC[C@@H](c2nc(C#Cc3cc(OC)cc(OC)c3)c3c(N)nccn23)C1. The first-order valence-electron chi connectivity index (χ1n) is 20.0. The number of nitrogen functional groups attached to an aromatic ring is 2. The van der Waals surface area contributed by atoms with E-state index in [1.165, 1.54) is 6.08 Å². The molecule has 63 heavy (non-hydrogen) atoms. The highest BCUT2D eigenvalue weighted by Crippen LogP contribution is 2.32. The zero-order chi connectivity index (χ0) is 44.6. The van der Waals surface area contributed by atoms with E-state index in [0.717, 1.165) is 35.6 Å². The van der Waals surface area contributed by atoms with Gasteiger partial charge in [-0.2, -0.15) is 0 Å². The molecule has 0 saturated carbocycles. The molecule has 4 N–H and O–H groups in total. The van der Waals surface area contributed by atoms with Crippen LogP contribution in [0.5, 0.6) is 23.0 Å². The molecule has 6 heterocycles. The Morgan fingerprint density at radius 2 is 1.11 bits per heavy atom. The minimum absolute atomic E-state index is 0.0550. The molecule has 0 radical (unpaired) electrons. The Balaban J connectivity index is 0.000000189. The van der Waals surface area contributed by atoms with Gasteiger partial charge in [0.15, 0.2) is 11.6 Å². The van der Waals surface area contributed by atoms with Crippen LogP contribution in [-0.2, 0) is 9.59 Å². The third-order valence-electron chi connectivity index (χ3n) is 10.7. The molecule has 2 saturated heterocycles. The molecule has 16 heteroatoms. The van der Waals surface area contributed by atoms with E-state index in [-0.39, 0.29) is 23.7 Å². The van der Waals surface area contributed by atoms with Gasteiger partial charge >= 0.3 is 0 Å². The van der Waals surface area contributed by atoms with Crippen LogP contribution in [0.2, 0.25) is 0 Å². The lowest BCUT2D eigenvalue weighted by atomic mass is 10.1. The number of carbonyl (C=O) groups excluding carboxylic acids is 2. The Hall–Kier alpha value is -8.16. The summed E-state index contributed by atoms with van der Waals surface area (Å²) in [7, 11) is 6.37. The topological polar surface area (TPSA) is 190 Å². The number of benzene rings is 2. The van der Waals surface area contributed by atoms with Crippen LogP contribution < -0.4 is 30.4 Å². The molecule has 320 valence electrons. The van der Waals surface area contributed by atoms with Crippen LogP contribution in [0.4, 0.5) is 11.6 Å².